The molecule has 0 unspecified atom stereocenters. The predicted molar refractivity (Wildman–Crippen MR) is 69.1 cm³/mol. The molecule has 1 heterocycles. The number of H-pyrrole nitrogens is 1. The molecule has 6 nitrogen and oxygen atoms in total. The van der Waals surface area contributed by atoms with Crippen molar-refractivity contribution in [2.75, 3.05) is 13.7 Å². The van der Waals surface area contributed by atoms with Crippen molar-refractivity contribution in [1.82, 2.24) is 9.55 Å². The zero-order valence-corrected chi connectivity index (χ0v) is 10.1. The summed E-state index contributed by atoms with van der Waals surface area (Å²) in [4.78, 5) is 26.7. The minimum atomic E-state index is -0.422. The summed E-state index contributed by atoms with van der Waals surface area (Å²) in [6.07, 6.45) is 0.573. The first-order chi connectivity index (χ1) is 8.69. The van der Waals surface area contributed by atoms with E-state index in [9.17, 15) is 9.59 Å². The average molecular weight is 249 g/mol. The number of nitrogens with two attached hydrogens (primary N) is 1. The monoisotopic (exact) mass is 249 g/mol. The molecular weight excluding hydrogens is 234 g/mol. The Morgan fingerprint density at radius 1 is 1.39 bits per heavy atom. The number of aromatic nitrogens is 2. The molecule has 0 aliphatic rings. The lowest BCUT2D eigenvalue weighted by Gasteiger charge is -2.08. The van der Waals surface area contributed by atoms with Crippen molar-refractivity contribution in [3.05, 3.63) is 39.0 Å². The lowest BCUT2D eigenvalue weighted by Crippen LogP contribution is -2.35. The summed E-state index contributed by atoms with van der Waals surface area (Å²) in [5.74, 6) is 0.454. The lowest BCUT2D eigenvalue weighted by atomic mass is 10.2. The number of aromatic amines is 1. The number of nitrogens with zero attached hydrogens (tertiary/aromatic N) is 1. The zero-order chi connectivity index (χ0) is 13.1. The highest BCUT2D eigenvalue weighted by Crippen LogP contribution is 2.18. The molecule has 3 N–H and O–H groups in total. The molecule has 0 fully saturated rings. The van der Waals surface area contributed by atoms with Crippen LogP contribution >= 0.6 is 0 Å². The standard InChI is InChI=1S/C12H15N3O3/c1-18-9-5-2-4-8-10(9)11(16)15(7-3-6-13)12(17)14-8/h2,4-5H,3,6-7,13H2,1H3,(H,14,17). The molecule has 0 amide bonds. The molecular formula is C12H15N3O3. The molecule has 0 saturated heterocycles. The maximum atomic E-state index is 12.3. The highest BCUT2D eigenvalue weighted by molar-refractivity contribution is 5.83. The normalized spacial score (nSPS) is 10.8. The molecule has 0 aliphatic heterocycles. The molecule has 1 aromatic heterocycles. The largest absolute Gasteiger partial charge is 0.496 e. The Hall–Kier alpha value is -2.08. The first-order valence-corrected chi connectivity index (χ1v) is 5.69. The van der Waals surface area contributed by atoms with Gasteiger partial charge in [-0.15, -0.1) is 0 Å². The van der Waals surface area contributed by atoms with Crippen LogP contribution in [-0.2, 0) is 6.54 Å². The molecule has 0 bridgehead atoms. The topological polar surface area (TPSA) is 90.1 Å². The van der Waals surface area contributed by atoms with Gasteiger partial charge in [-0.25, -0.2) is 4.79 Å². The van der Waals surface area contributed by atoms with Gasteiger partial charge in [0, 0.05) is 6.54 Å². The van der Waals surface area contributed by atoms with Crippen LogP contribution in [0.5, 0.6) is 5.75 Å². The third-order valence-corrected chi connectivity index (χ3v) is 2.78. The van der Waals surface area contributed by atoms with Crippen molar-refractivity contribution in [2.45, 2.75) is 13.0 Å². The Morgan fingerprint density at radius 3 is 2.83 bits per heavy atom. The van der Waals surface area contributed by atoms with E-state index in [-0.39, 0.29) is 5.56 Å². The Labute approximate surface area is 103 Å². The van der Waals surface area contributed by atoms with Crippen LogP contribution in [0.2, 0.25) is 0 Å². The van der Waals surface area contributed by atoms with Gasteiger partial charge in [-0.2, -0.15) is 0 Å². The third-order valence-electron chi connectivity index (χ3n) is 2.78. The Morgan fingerprint density at radius 2 is 2.17 bits per heavy atom. The van der Waals surface area contributed by atoms with Gasteiger partial charge >= 0.3 is 5.69 Å². The Bertz CT molecular complexity index is 672. The van der Waals surface area contributed by atoms with E-state index in [1.54, 1.807) is 18.2 Å². The minimum absolute atomic E-state index is 0.304. The Kier molecular flexibility index (Phi) is 3.47. The SMILES string of the molecule is COc1cccc2[nH]c(=O)n(CCCN)c(=O)c12. The van der Waals surface area contributed by atoms with Crippen molar-refractivity contribution in [1.29, 1.82) is 0 Å². The number of hydrogen-bond acceptors (Lipinski definition) is 4. The van der Waals surface area contributed by atoms with E-state index in [0.717, 1.165) is 4.57 Å². The van der Waals surface area contributed by atoms with Gasteiger partial charge in [0.25, 0.3) is 5.56 Å². The fourth-order valence-electron chi connectivity index (χ4n) is 1.89. The summed E-state index contributed by atoms with van der Waals surface area (Å²) in [5.41, 5.74) is 5.10. The Balaban J connectivity index is 2.74. The fraction of sp³-hybridized carbons (Fsp3) is 0.333. The molecule has 2 rings (SSSR count). The predicted octanol–water partition coefficient (Wildman–Crippen LogP) is 0.0472. The minimum Gasteiger partial charge on any atom is -0.496 e. The van der Waals surface area contributed by atoms with E-state index in [1.807, 2.05) is 0 Å². The van der Waals surface area contributed by atoms with Crippen LogP contribution < -0.4 is 21.7 Å². The number of nitrogens with one attached hydrogen (secondary N) is 1. The third kappa shape index (κ3) is 2.02. The number of methoxy groups -OCH3 is 1. The van der Waals surface area contributed by atoms with E-state index in [4.69, 9.17) is 10.5 Å². The quantitative estimate of drug-likeness (QED) is 0.801. The van der Waals surface area contributed by atoms with Crippen LogP contribution in [0.15, 0.2) is 27.8 Å². The summed E-state index contributed by atoms with van der Waals surface area (Å²) in [7, 11) is 1.49. The molecule has 1 aromatic carbocycles. The highest BCUT2D eigenvalue weighted by Gasteiger charge is 2.11. The van der Waals surface area contributed by atoms with Gasteiger partial charge in [0.05, 0.1) is 12.6 Å². The van der Waals surface area contributed by atoms with E-state index in [2.05, 4.69) is 4.98 Å². The van der Waals surface area contributed by atoms with Crippen LogP contribution in [0.3, 0.4) is 0 Å². The molecule has 18 heavy (non-hydrogen) atoms. The molecule has 0 spiro atoms. The highest BCUT2D eigenvalue weighted by atomic mass is 16.5. The second kappa shape index (κ2) is 5.05. The summed E-state index contributed by atoms with van der Waals surface area (Å²) in [6.45, 7) is 0.731. The van der Waals surface area contributed by atoms with Gasteiger partial charge in [-0.05, 0) is 25.1 Å². The van der Waals surface area contributed by atoms with Gasteiger partial charge in [-0.3, -0.25) is 9.36 Å². The van der Waals surface area contributed by atoms with E-state index < -0.39 is 5.69 Å². The summed E-state index contributed by atoms with van der Waals surface area (Å²) < 4.78 is 6.30. The molecule has 0 atom stereocenters. The first-order valence-electron chi connectivity index (χ1n) is 5.69. The van der Waals surface area contributed by atoms with Gasteiger partial charge in [-0.1, -0.05) is 6.07 Å². The number of hydrogen-bond donors (Lipinski definition) is 2. The van der Waals surface area contributed by atoms with E-state index in [1.165, 1.54) is 7.11 Å². The van der Waals surface area contributed by atoms with Crippen LogP contribution in [0.4, 0.5) is 0 Å². The van der Waals surface area contributed by atoms with E-state index >= 15 is 0 Å². The van der Waals surface area contributed by atoms with Crippen molar-refractivity contribution in [2.24, 2.45) is 5.73 Å². The molecule has 96 valence electrons. The van der Waals surface area contributed by atoms with Gasteiger partial charge in [0.1, 0.15) is 11.1 Å². The lowest BCUT2D eigenvalue weighted by molar-refractivity contribution is 0.419. The number of fused-ring (bicyclic) bond motifs is 1. The van der Waals surface area contributed by atoms with Crippen molar-refractivity contribution < 1.29 is 4.74 Å². The van der Waals surface area contributed by atoms with Crippen LogP contribution in [0, 0.1) is 0 Å². The summed E-state index contributed by atoms with van der Waals surface area (Å²) in [6, 6.07) is 5.09. The van der Waals surface area contributed by atoms with Gasteiger partial charge < -0.3 is 15.5 Å². The van der Waals surface area contributed by atoms with Crippen LogP contribution in [0.1, 0.15) is 6.42 Å². The van der Waals surface area contributed by atoms with Gasteiger partial charge in [0.2, 0.25) is 0 Å². The molecule has 6 heteroatoms. The summed E-state index contributed by atoms with van der Waals surface area (Å²) in [5, 5.41) is 0.386. The number of ether oxygens (including phenoxy) is 1. The molecule has 2 aromatic rings. The fourth-order valence-corrected chi connectivity index (χ4v) is 1.89. The van der Waals surface area contributed by atoms with Crippen molar-refractivity contribution >= 4 is 10.9 Å². The van der Waals surface area contributed by atoms with Crippen LogP contribution in [0.25, 0.3) is 10.9 Å². The second-order valence-corrected chi connectivity index (χ2v) is 3.91. The molecule has 0 aliphatic carbocycles. The maximum Gasteiger partial charge on any atom is 0.328 e. The molecule has 0 saturated carbocycles. The summed E-state index contributed by atoms with van der Waals surface area (Å²) >= 11 is 0. The smallest absolute Gasteiger partial charge is 0.328 e. The van der Waals surface area contributed by atoms with Crippen molar-refractivity contribution in [3.63, 3.8) is 0 Å². The average Bonchev–Trinajstić information content (AvgIpc) is 2.37. The first kappa shape index (κ1) is 12.4. The zero-order valence-electron chi connectivity index (χ0n) is 10.1. The molecule has 0 radical (unpaired) electrons. The second-order valence-electron chi connectivity index (χ2n) is 3.91. The van der Waals surface area contributed by atoms with Gasteiger partial charge in [0.15, 0.2) is 0 Å². The van der Waals surface area contributed by atoms with Crippen molar-refractivity contribution in [3.8, 4) is 5.75 Å². The maximum absolute atomic E-state index is 12.3. The van der Waals surface area contributed by atoms with Crippen LogP contribution in [-0.4, -0.2) is 23.2 Å². The number of rotatable bonds is 4. The number of benzene rings is 1. The van der Waals surface area contributed by atoms with E-state index in [0.29, 0.717) is 36.2 Å².